The van der Waals surface area contributed by atoms with Gasteiger partial charge in [-0.25, -0.2) is 4.39 Å². The number of halogens is 1. The van der Waals surface area contributed by atoms with Crippen molar-refractivity contribution < 1.29 is 33.3 Å². The van der Waals surface area contributed by atoms with Crippen molar-refractivity contribution >= 4 is 23.1 Å². The van der Waals surface area contributed by atoms with Crippen LogP contribution in [-0.4, -0.2) is 29.7 Å². The maximum Gasteiger partial charge on any atom is 0.300 e. The number of Topliss-reactive ketones (excluding diaryl/α,β-unsaturated/α-hetero) is 1. The number of amides is 1. The van der Waals surface area contributed by atoms with Crippen molar-refractivity contribution in [3.63, 3.8) is 0 Å². The molecule has 2 heterocycles. The fourth-order valence-corrected chi connectivity index (χ4v) is 4.21. The summed E-state index contributed by atoms with van der Waals surface area (Å²) in [6.07, 6.45) is -0.0291. The molecule has 0 saturated carbocycles. The topological polar surface area (TPSA) is 85.3 Å². The maximum absolute atomic E-state index is 13.5. The number of benzene rings is 3. The zero-order valence-electron chi connectivity index (χ0n) is 19.0. The Labute approximate surface area is 201 Å². The van der Waals surface area contributed by atoms with Crippen LogP contribution in [-0.2, 0) is 9.59 Å². The summed E-state index contributed by atoms with van der Waals surface area (Å²) in [6, 6.07) is 16.0. The lowest BCUT2D eigenvalue weighted by Gasteiger charge is -2.26. The van der Waals surface area contributed by atoms with Gasteiger partial charge in [0, 0.05) is 17.3 Å². The Morgan fingerprint density at radius 2 is 1.69 bits per heavy atom. The number of nitrogens with zero attached hydrogens (tertiary/aromatic N) is 1. The van der Waals surface area contributed by atoms with E-state index in [-0.39, 0.29) is 29.8 Å². The van der Waals surface area contributed by atoms with Gasteiger partial charge in [-0.05, 0) is 67.9 Å². The molecule has 35 heavy (non-hydrogen) atoms. The molecule has 5 rings (SSSR count). The van der Waals surface area contributed by atoms with Crippen molar-refractivity contribution in [3.8, 4) is 17.2 Å². The highest BCUT2D eigenvalue weighted by Gasteiger charge is 2.47. The molecule has 1 atom stereocenters. The molecule has 1 unspecified atom stereocenters. The summed E-state index contributed by atoms with van der Waals surface area (Å²) < 4.78 is 30.0. The lowest BCUT2D eigenvalue weighted by molar-refractivity contribution is -0.132. The number of hydrogen-bond donors (Lipinski definition) is 1. The number of carbonyl (C=O) groups is 2. The van der Waals surface area contributed by atoms with E-state index in [1.807, 2.05) is 13.8 Å². The van der Waals surface area contributed by atoms with Gasteiger partial charge in [-0.15, -0.1) is 0 Å². The third-order valence-electron chi connectivity index (χ3n) is 5.76. The molecule has 7 nitrogen and oxygen atoms in total. The van der Waals surface area contributed by atoms with E-state index in [1.165, 1.54) is 29.2 Å². The molecule has 0 aromatic heterocycles. The van der Waals surface area contributed by atoms with Gasteiger partial charge in [0.2, 0.25) is 6.79 Å². The molecule has 8 heteroatoms. The summed E-state index contributed by atoms with van der Waals surface area (Å²) in [7, 11) is 0. The molecule has 0 radical (unpaired) electrons. The predicted molar refractivity (Wildman–Crippen MR) is 126 cm³/mol. The van der Waals surface area contributed by atoms with Gasteiger partial charge in [-0.3, -0.25) is 14.5 Å². The predicted octanol–water partition coefficient (Wildman–Crippen LogP) is 4.97. The van der Waals surface area contributed by atoms with Crippen molar-refractivity contribution in [1.29, 1.82) is 0 Å². The van der Waals surface area contributed by atoms with E-state index in [9.17, 15) is 19.1 Å². The first-order valence-corrected chi connectivity index (χ1v) is 11.1. The van der Waals surface area contributed by atoms with Crippen LogP contribution < -0.4 is 19.1 Å². The summed E-state index contributed by atoms with van der Waals surface area (Å²) in [6.45, 7) is 3.87. The zero-order valence-corrected chi connectivity index (χ0v) is 19.0. The molecule has 0 spiro atoms. The van der Waals surface area contributed by atoms with Crippen molar-refractivity contribution in [2.45, 2.75) is 26.0 Å². The number of ether oxygens (including phenoxy) is 3. The molecule has 2 aliphatic rings. The van der Waals surface area contributed by atoms with Gasteiger partial charge >= 0.3 is 0 Å². The average Bonchev–Trinajstić information content (AvgIpc) is 3.41. The molecular weight excluding hydrogens is 453 g/mol. The standard InChI is InChI=1S/C27H22FNO6/c1-15(2)35-20-10-5-16(6-11-20)24-23(25(30)17-3-7-18(28)8-4-17)26(31)27(32)29(24)19-9-12-21-22(13-19)34-14-33-21/h3-13,15,24,30H,14H2,1-2H3/b25-23+. The molecule has 3 aromatic carbocycles. The first kappa shape index (κ1) is 22.5. The Bertz CT molecular complexity index is 1330. The first-order chi connectivity index (χ1) is 16.8. The number of carbonyl (C=O) groups excluding carboxylic acids is 2. The minimum atomic E-state index is -0.937. The van der Waals surface area contributed by atoms with Crippen LogP contribution in [0.2, 0.25) is 0 Å². The van der Waals surface area contributed by atoms with Crippen molar-refractivity contribution in [2.75, 3.05) is 11.7 Å². The molecule has 1 N–H and O–H groups in total. The first-order valence-electron chi connectivity index (χ1n) is 11.1. The second kappa shape index (κ2) is 8.79. The van der Waals surface area contributed by atoms with E-state index in [0.717, 1.165) is 0 Å². The van der Waals surface area contributed by atoms with Gasteiger partial charge in [0.1, 0.15) is 17.3 Å². The summed E-state index contributed by atoms with van der Waals surface area (Å²) in [5.41, 5.74) is 1.11. The fraction of sp³-hybridized carbons (Fsp3) is 0.185. The zero-order chi connectivity index (χ0) is 24.7. The SMILES string of the molecule is CC(C)Oc1ccc(C2/C(=C(\O)c3ccc(F)cc3)C(=O)C(=O)N2c2ccc3c(c2)OCO3)cc1. The van der Waals surface area contributed by atoms with E-state index in [4.69, 9.17) is 14.2 Å². The number of aliphatic hydroxyl groups is 1. The van der Waals surface area contributed by atoms with Gasteiger partial charge in [0.25, 0.3) is 11.7 Å². The summed E-state index contributed by atoms with van der Waals surface area (Å²) >= 11 is 0. The third-order valence-corrected chi connectivity index (χ3v) is 5.76. The largest absolute Gasteiger partial charge is 0.507 e. The van der Waals surface area contributed by atoms with Crippen LogP contribution in [0.4, 0.5) is 10.1 Å². The molecule has 0 bridgehead atoms. The smallest absolute Gasteiger partial charge is 0.300 e. The summed E-state index contributed by atoms with van der Waals surface area (Å²) in [5, 5.41) is 11.1. The highest BCUT2D eigenvalue weighted by molar-refractivity contribution is 6.51. The number of aliphatic hydroxyl groups excluding tert-OH is 1. The number of ketones is 1. The van der Waals surface area contributed by atoms with Crippen LogP contribution in [0.5, 0.6) is 17.2 Å². The molecule has 0 aliphatic carbocycles. The Balaban J connectivity index is 1.66. The lowest BCUT2D eigenvalue weighted by atomic mass is 9.95. The van der Waals surface area contributed by atoms with Gasteiger partial charge in [0.05, 0.1) is 17.7 Å². The molecule has 178 valence electrons. The van der Waals surface area contributed by atoms with Gasteiger partial charge < -0.3 is 19.3 Å². The Kier molecular flexibility index (Phi) is 5.64. The molecule has 2 aliphatic heterocycles. The van der Waals surface area contributed by atoms with Crippen LogP contribution in [0.1, 0.15) is 31.0 Å². The van der Waals surface area contributed by atoms with Gasteiger partial charge in [0.15, 0.2) is 11.5 Å². The monoisotopic (exact) mass is 475 g/mol. The summed E-state index contributed by atoms with van der Waals surface area (Å²) in [5.74, 6) is -0.927. The minimum absolute atomic E-state index is 0.0291. The molecule has 1 fully saturated rings. The van der Waals surface area contributed by atoms with Crippen molar-refractivity contribution in [3.05, 3.63) is 89.2 Å². The lowest BCUT2D eigenvalue weighted by Crippen LogP contribution is -2.29. The molecule has 1 amide bonds. The highest BCUT2D eigenvalue weighted by atomic mass is 19.1. The van der Waals surface area contributed by atoms with Crippen LogP contribution >= 0.6 is 0 Å². The Morgan fingerprint density at radius 3 is 2.37 bits per heavy atom. The van der Waals surface area contributed by atoms with E-state index in [0.29, 0.717) is 28.5 Å². The quantitative estimate of drug-likeness (QED) is 0.319. The van der Waals surface area contributed by atoms with Gasteiger partial charge in [-0.1, -0.05) is 12.1 Å². The van der Waals surface area contributed by atoms with Crippen molar-refractivity contribution in [2.24, 2.45) is 0 Å². The van der Waals surface area contributed by atoms with Crippen LogP contribution in [0.25, 0.3) is 5.76 Å². The number of fused-ring (bicyclic) bond motifs is 1. The fourth-order valence-electron chi connectivity index (χ4n) is 4.21. The number of anilines is 1. The molecular formula is C27H22FNO6. The van der Waals surface area contributed by atoms with Crippen LogP contribution in [0.15, 0.2) is 72.3 Å². The van der Waals surface area contributed by atoms with E-state index in [1.54, 1.807) is 42.5 Å². The molecule has 1 saturated heterocycles. The third kappa shape index (κ3) is 4.07. The Hall–Kier alpha value is -4.33. The highest BCUT2D eigenvalue weighted by Crippen LogP contribution is 2.45. The van der Waals surface area contributed by atoms with Gasteiger partial charge in [-0.2, -0.15) is 0 Å². The normalized spacial score (nSPS) is 18.4. The summed E-state index contributed by atoms with van der Waals surface area (Å²) in [4.78, 5) is 27.8. The van der Waals surface area contributed by atoms with Crippen LogP contribution in [0.3, 0.4) is 0 Å². The number of hydrogen-bond acceptors (Lipinski definition) is 6. The maximum atomic E-state index is 13.5. The minimum Gasteiger partial charge on any atom is -0.507 e. The second-order valence-electron chi connectivity index (χ2n) is 8.45. The number of rotatable bonds is 5. The van der Waals surface area contributed by atoms with E-state index < -0.39 is 23.5 Å². The Morgan fingerprint density at radius 1 is 1.00 bits per heavy atom. The second-order valence-corrected chi connectivity index (χ2v) is 8.45. The molecule has 3 aromatic rings. The van der Waals surface area contributed by atoms with Crippen LogP contribution in [0, 0.1) is 5.82 Å². The van der Waals surface area contributed by atoms with E-state index in [2.05, 4.69) is 0 Å². The van der Waals surface area contributed by atoms with Crippen molar-refractivity contribution in [1.82, 2.24) is 0 Å². The van der Waals surface area contributed by atoms with E-state index >= 15 is 0 Å². The average molecular weight is 475 g/mol.